The molecule has 0 aliphatic rings. The molecule has 0 fully saturated rings. The van der Waals surface area contributed by atoms with E-state index in [2.05, 4.69) is 10.1 Å². The summed E-state index contributed by atoms with van der Waals surface area (Å²) in [5.41, 5.74) is 0.602. The molecule has 3 aromatic rings. The molecule has 3 rings (SSSR count). The number of methoxy groups -OCH3 is 1. The molecule has 1 amide bonds. The fraction of sp³-hybridized carbons (Fsp3) is 0.100. The highest BCUT2D eigenvalue weighted by Crippen LogP contribution is 2.13. The van der Waals surface area contributed by atoms with E-state index in [1.54, 1.807) is 24.3 Å². The average Bonchev–Trinajstić information content (AvgIpc) is 2.72. The van der Waals surface area contributed by atoms with Crippen molar-refractivity contribution in [1.82, 2.24) is 0 Å². The topological polar surface area (TPSA) is 112 Å². The first kappa shape index (κ1) is 18.8. The smallest absolute Gasteiger partial charge is 0.374 e. The van der Waals surface area contributed by atoms with Crippen LogP contribution in [0, 0.1) is 0 Å². The highest BCUT2D eigenvalue weighted by atomic mass is 16.5. The van der Waals surface area contributed by atoms with Crippen LogP contribution in [0.5, 0.6) is 0 Å². The zero-order valence-corrected chi connectivity index (χ0v) is 14.8. The van der Waals surface area contributed by atoms with E-state index >= 15 is 0 Å². The molecule has 0 aliphatic carbocycles. The zero-order valence-electron chi connectivity index (χ0n) is 14.8. The number of benzene rings is 2. The van der Waals surface area contributed by atoms with Crippen molar-refractivity contribution in [2.24, 2.45) is 0 Å². The number of hydrogen-bond donors (Lipinski definition) is 1. The number of ether oxygens (including phenoxy) is 2. The predicted octanol–water partition coefficient (Wildman–Crippen LogP) is 2.38. The van der Waals surface area contributed by atoms with Gasteiger partial charge >= 0.3 is 11.9 Å². The number of anilines is 1. The molecular weight excluding hydrogens is 366 g/mol. The Kier molecular flexibility index (Phi) is 5.50. The number of carbonyl (C=O) groups is 3. The summed E-state index contributed by atoms with van der Waals surface area (Å²) in [6, 6.07) is 13.5. The number of carbonyl (C=O) groups excluding carboxylic acids is 3. The second-order valence-electron chi connectivity index (χ2n) is 5.66. The Morgan fingerprint density at radius 3 is 2.43 bits per heavy atom. The number of hydrogen-bond acceptors (Lipinski definition) is 7. The zero-order chi connectivity index (χ0) is 20.1. The fourth-order valence-electron chi connectivity index (χ4n) is 2.41. The van der Waals surface area contributed by atoms with Crippen molar-refractivity contribution in [3.8, 4) is 0 Å². The molecule has 28 heavy (non-hydrogen) atoms. The van der Waals surface area contributed by atoms with E-state index in [9.17, 15) is 19.2 Å². The van der Waals surface area contributed by atoms with Gasteiger partial charge in [-0.1, -0.05) is 12.1 Å². The molecule has 1 heterocycles. The van der Waals surface area contributed by atoms with Gasteiger partial charge in [0.1, 0.15) is 5.58 Å². The van der Waals surface area contributed by atoms with Crippen molar-refractivity contribution in [2.45, 2.75) is 0 Å². The van der Waals surface area contributed by atoms with Crippen LogP contribution >= 0.6 is 0 Å². The number of rotatable bonds is 5. The number of amides is 1. The molecular formula is C20H15NO7. The lowest BCUT2D eigenvalue weighted by atomic mass is 10.2. The van der Waals surface area contributed by atoms with E-state index < -0.39 is 24.5 Å². The van der Waals surface area contributed by atoms with Crippen LogP contribution in [-0.2, 0) is 14.3 Å². The Morgan fingerprint density at radius 2 is 1.71 bits per heavy atom. The second kappa shape index (κ2) is 8.17. The molecule has 2 aromatic carbocycles. The lowest BCUT2D eigenvalue weighted by Gasteiger charge is -2.07. The van der Waals surface area contributed by atoms with E-state index in [1.165, 1.54) is 31.4 Å². The Labute approximate surface area is 158 Å². The first-order chi connectivity index (χ1) is 13.5. The third-order valence-electron chi connectivity index (χ3n) is 3.76. The maximum Gasteiger partial charge on any atom is 0.374 e. The van der Waals surface area contributed by atoms with Gasteiger partial charge in [0.15, 0.2) is 12.0 Å². The minimum atomic E-state index is -0.931. The van der Waals surface area contributed by atoms with Crippen LogP contribution in [0.3, 0.4) is 0 Å². The maximum absolute atomic E-state index is 12.1. The van der Waals surface area contributed by atoms with Crippen LogP contribution < -0.4 is 10.7 Å². The Balaban J connectivity index is 1.60. The number of nitrogens with one attached hydrogen (secondary N) is 1. The van der Waals surface area contributed by atoms with Crippen LogP contribution in [0.4, 0.5) is 5.69 Å². The first-order valence-corrected chi connectivity index (χ1v) is 8.16. The summed E-state index contributed by atoms with van der Waals surface area (Å²) in [7, 11) is 1.27. The highest BCUT2D eigenvalue weighted by Gasteiger charge is 2.15. The van der Waals surface area contributed by atoms with E-state index in [0.717, 1.165) is 6.07 Å². The van der Waals surface area contributed by atoms with Gasteiger partial charge in [-0.3, -0.25) is 9.59 Å². The van der Waals surface area contributed by atoms with Crippen LogP contribution in [0.1, 0.15) is 20.9 Å². The van der Waals surface area contributed by atoms with Crippen molar-refractivity contribution in [3.05, 3.63) is 76.1 Å². The lowest BCUT2D eigenvalue weighted by molar-refractivity contribution is -0.119. The maximum atomic E-state index is 12.1. The highest BCUT2D eigenvalue weighted by molar-refractivity contribution is 5.96. The minimum Gasteiger partial charge on any atom is -0.465 e. The molecule has 1 aromatic heterocycles. The van der Waals surface area contributed by atoms with Gasteiger partial charge in [0.25, 0.3) is 5.91 Å². The summed E-state index contributed by atoms with van der Waals surface area (Å²) in [5, 5.41) is 2.85. The van der Waals surface area contributed by atoms with Crippen LogP contribution in [0.25, 0.3) is 11.0 Å². The van der Waals surface area contributed by atoms with Crippen molar-refractivity contribution in [1.29, 1.82) is 0 Å². The van der Waals surface area contributed by atoms with Gasteiger partial charge in [-0.25, -0.2) is 9.59 Å². The summed E-state index contributed by atoms with van der Waals surface area (Å²) in [6.07, 6.45) is 0. The largest absolute Gasteiger partial charge is 0.465 e. The molecule has 8 heteroatoms. The third-order valence-corrected chi connectivity index (χ3v) is 3.76. The van der Waals surface area contributed by atoms with Gasteiger partial charge in [0.05, 0.1) is 18.1 Å². The number of fused-ring (bicyclic) bond motifs is 1. The van der Waals surface area contributed by atoms with Crippen molar-refractivity contribution >= 4 is 34.5 Å². The van der Waals surface area contributed by atoms with E-state index in [4.69, 9.17) is 9.15 Å². The molecule has 0 saturated carbocycles. The molecule has 0 bridgehead atoms. The van der Waals surface area contributed by atoms with E-state index in [0.29, 0.717) is 16.6 Å². The van der Waals surface area contributed by atoms with Crippen molar-refractivity contribution < 1.29 is 28.3 Å². The molecule has 8 nitrogen and oxygen atoms in total. The molecule has 0 atom stereocenters. The van der Waals surface area contributed by atoms with Gasteiger partial charge in [0, 0.05) is 11.8 Å². The third kappa shape index (κ3) is 4.24. The molecule has 142 valence electrons. The standard InChI is InChI=1S/C20H15NO7/c1-26-19(24)12-6-8-13(9-7-12)21-18(23)11-27-20(25)17-10-15(22)14-4-2-3-5-16(14)28-17/h2-10H,11H2,1H3,(H,21,23). The van der Waals surface area contributed by atoms with Gasteiger partial charge in [-0.05, 0) is 36.4 Å². The van der Waals surface area contributed by atoms with E-state index in [1.807, 2.05) is 0 Å². The Morgan fingerprint density at radius 1 is 1.00 bits per heavy atom. The van der Waals surface area contributed by atoms with Gasteiger partial charge in [-0.15, -0.1) is 0 Å². The van der Waals surface area contributed by atoms with Gasteiger partial charge < -0.3 is 19.2 Å². The van der Waals surface area contributed by atoms with Crippen LogP contribution in [-0.4, -0.2) is 31.6 Å². The van der Waals surface area contributed by atoms with Crippen LogP contribution in [0.2, 0.25) is 0 Å². The van der Waals surface area contributed by atoms with Crippen LogP contribution in [0.15, 0.2) is 63.8 Å². The lowest BCUT2D eigenvalue weighted by Crippen LogP contribution is -2.21. The summed E-state index contributed by atoms with van der Waals surface area (Å²) in [5.74, 6) is -2.32. The quantitative estimate of drug-likeness (QED) is 0.675. The SMILES string of the molecule is COC(=O)c1ccc(NC(=O)COC(=O)c2cc(=O)c3ccccc3o2)cc1. The van der Waals surface area contributed by atoms with Gasteiger partial charge in [0.2, 0.25) is 5.76 Å². The number of para-hydroxylation sites is 1. The fourth-order valence-corrected chi connectivity index (χ4v) is 2.41. The molecule has 0 saturated heterocycles. The normalized spacial score (nSPS) is 10.3. The average molecular weight is 381 g/mol. The summed E-state index contributed by atoms with van der Waals surface area (Å²) >= 11 is 0. The Bertz CT molecular complexity index is 1100. The van der Waals surface area contributed by atoms with Crippen molar-refractivity contribution in [3.63, 3.8) is 0 Å². The summed E-state index contributed by atoms with van der Waals surface area (Å²) < 4.78 is 14.8. The van der Waals surface area contributed by atoms with Gasteiger partial charge in [-0.2, -0.15) is 0 Å². The predicted molar refractivity (Wildman–Crippen MR) is 99.2 cm³/mol. The molecule has 0 aliphatic heterocycles. The molecule has 0 unspecified atom stereocenters. The second-order valence-corrected chi connectivity index (χ2v) is 5.66. The van der Waals surface area contributed by atoms with Crippen molar-refractivity contribution in [2.75, 3.05) is 19.0 Å². The van der Waals surface area contributed by atoms with E-state index in [-0.39, 0.29) is 16.8 Å². The monoisotopic (exact) mass is 381 g/mol. The number of esters is 2. The molecule has 1 N–H and O–H groups in total. The summed E-state index contributed by atoms with van der Waals surface area (Å²) in [4.78, 5) is 47.4. The first-order valence-electron chi connectivity index (χ1n) is 8.16. The molecule has 0 spiro atoms. The Hall–Kier alpha value is -3.94. The molecule has 0 radical (unpaired) electrons. The summed E-state index contributed by atoms with van der Waals surface area (Å²) in [6.45, 7) is -0.575. The minimum absolute atomic E-state index is 0.247.